The normalized spacial score (nSPS) is 21.5. The van der Waals surface area contributed by atoms with Crippen LogP contribution in [0.1, 0.15) is 37.8 Å². The average Bonchev–Trinajstić information content (AvgIpc) is 3.11. The first kappa shape index (κ1) is 35.0. The molecule has 0 aliphatic carbocycles. The maximum Gasteiger partial charge on any atom is 0.490 e. The molecule has 2 atom stereocenters. The van der Waals surface area contributed by atoms with E-state index in [0.29, 0.717) is 19.2 Å². The molecule has 40 heavy (non-hydrogen) atoms. The van der Waals surface area contributed by atoms with Crippen molar-refractivity contribution in [1.82, 2.24) is 10.2 Å². The summed E-state index contributed by atoms with van der Waals surface area (Å²) in [5, 5.41) is 26.5. The third-order valence-corrected chi connectivity index (χ3v) is 5.79. The average molecular weight is 590 g/mol. The van der Waals surface area contributed by atoms with E-state index in [2.05, 4.69) is 24.1 Å². The number of halogens is 7. The van der Waals surface area contributed by atoms with Gasteiger partial charge in [-0.05, 0) is 44.4 Å². The molecular formula is C24H30F7N3O6. The van der Waals surface area contributed by atoms with Gasteiger partial charge in [-0.1, -0.05) is 6.07 Å². The Morgan fingerprint density at radius 2 is 1.75 bits per heavy atom. The van der Waals surface area contributed by atoms with E-state index in [1.54, 1.807) is 12.1 Å². The van der Waals surface area contributed by atoms with E-state index in [-0.39, 0.29) is 17.3 Å². The minimum Gasteiger partial charge on any atom is -0.475 e. The van der Waals surface area contributed by atoms with Gasteiger partial charge in [-0.15, -0.1) is 0 Å². The highest BCUT2D eigenvalue weighted by Gasteiger charge is 2.43. The molecule has 0 aromatic heterocycles. The molecule has 0 amide bonds. The first-order valence-electron chi connectivity index (χ1n) is 11.9. The quantitative estimate of drug-likeness (QED) is 0.440. The fourth-order valence-electron chi connectivity index (χ4n) is 3.78. The van der Waals surface area contributed by atoms with Crippen molar-refractivity contribution in [3.8, 4) is 6.07 Å². The Balaban J connectivity index is 0.000000473. The van der Waals surface area contributed by atoms with Crippen LogP contribution in [0.25, 0.3) is 0 Å². The molecular weight excluding hydrogens is 559 g/mol. The Bertz CT molecular complexity index is 1010. The molecule has 2 saturated heterocycles. The summed E-state index contributed by atoms with van der Waals surface area (Å²) in [4.78, 5) is 20.2. The van der Waals surface area contributed by atoms with Gasteiger partial charge in [0.25, 0.3) is 0 Å². The van der Waals surface area contributed by atoms with Gasteiger partial charge in [-0.25, -0.2) is 14.0 Å². The number of benzene rings is 1. The lowest BCUT2D eigenvalue weighted by Gasteiger charge is -2.34. The highest BCUT2D eigenvalue weighted by atomic mass is 19.4. The molecule has 3 rings (SSSR count). The third-order valence-electron chi connectivity index (χ3n) is 5.79. The zero-order valence-electron chi connectivity index (χ0n) is 21.6. The smallest absolute Gasteiger partial charge is 0.475 e. The topological polar surface area (TPSA) is 132 Å². The van der Waals surface area contributed by atoms with E-state index in [1.165, 1.54) is 6.07 Å². The monoisotopic (exact) mass is 589 g/mol. The molecule has 1 spiro atoms. The minimum atomic E-state index is -5.08. The second-order valence-electron chi connectivity index (χ2n) is 9.24. The molecule has 0 saturated carbocycles. The minimum absolute atomic E-state index is 0.0877. The Labute approximate surface area is 225 Å². The highest BCUT2D eigenvalue weighted by molar-refractivity contribution is 5.73. The second kappa shape index (κ2) is 15.1. The summed E-state index contributed by atoms with van der Waals surface area (Å²) in [6.07, 6.45) is -7.99. The summed E-state index contributed by atoms with van der Waals surface area (Å²) >= 11 is 0. The van der Waals surface area contributed by atoms with Crippen molar-refractivity contribution < 1.29 is 60.0 Å². The molecule has 226 valence electrons. The highest BCUT2D eigenvalue weighted by Crippen LogP contribution is 2.33. The molecule has 0 bridgehead atoms. The summed E-state index contributed by atoms with van der Waals surface area (Å²) < 4.78 is 89.1. The van der Waals surface area contributed by atoms with Crippen LogP contribution >= 0.6 is 0 Å². The third kappa shape index (κ3) is 12.0. The molecule has 9 nitrogen and oxygen atoms in total. The van der Waals surface area contributed by atoms with Gasteiger partial charge in [-0.3, -0.25) is 4.90 Å². The first-order valence-corrected chi connectivity index (χ1v) is 11.9. The van der Waals surface area contributed by atoms with Crippen LogP contribution in [0.5, 0.6) is 0 Å². The molecule has 2 aliphatic rings. The summed E-state index contributed by atoms with van der Waals surface area (Å²) in [5.74, 6) is -5.99. The van der Waals surface area contributed by atoms with Crippen molar-refractivity contribution in [2.45, 2.75) is 63.3 Å². The van der Waals surface area contributed by atoms with Gasteiger partial charge in [0.05, 0.1) is 24.9 Å². The maximum atomic E-state index is 13.4. The number of nitrogens with zero attached hydrogens (tertiary/aromatic N) is 2. The van der Waals surface area contributed by atoms with Crippen molar-refractivity contribution in [3.05, 3.63) is 35.1 Å². The number of nitrogens with one attached hydrogen (secondary N) is 1. The number of carbonyl (C=O) groups is 2. The predicted octanol–water partition coefficient (Wildman–Crippen LogP) is 3.71. The maximum absolute atomic E-state index is 13.4. The van der Waals surface area contributed by atoms with E-state index in [0.717, 1.165) is 44.6 Å². The number of hydrogen-bond acceptors (Lipinski definition) is 7. The Hall–Kier alpha value is -3.00. The van der Waals surface area contributed by atoms with Crippen LogP contribution in [-0.4, -0.2) is 90.0 Å². The van der Waals surface area contributed by atoms with E-state index >= 15 is 0 Å². The second-order valence-corrected chi connectivity index (χ2v) is 9.24. The predicted molar refractivity (Wildman–Crippen MR) is 125 cm³/mol. The van der Waals surface area contributed by atoms with Gasteiger partial charge in [-0.2, -0.15) is 31.6 Å². The van der Waals surface area contributed by atoms with Crippen molar-refractivity contribution in [2.24, 2.45) is 0 Å². The molecule has 1 aromatic carbocycles. The summed E-state index contributed by atoms with van der Waals surface area (Å²) in [6, 6.07) is 7.02. The van der Waals surface area contributed by atoms with Crippen LogP contribution in [-0.2, 0) is 25.6 Å². The van der Waals surface area contributed by atoms with Crippen LogP contribution in [0.15, 0.2) is 18.2 Å². The van der Waals surface area contributed by atoms with Crippen molar-refractivity contribution in [1.29, 1.82) is 5.26 Å². The van der Waals surface area contributed by atoms with E-state index in [9.17, 15) is 30.7 Å². The standard InChI is InChI=1S/C20H28FN3O2.2C2HF3O2/c1-15(2)24-7-8-25-14-20(13-24)6-5-18(26-20)12-23-11-16-3-4-19(21)17(9-16)10-22;2*3-2(4,5)1(6)7/h3-4,9,15,18,23H,5-8,11-14H2,1-2H3;2*(H,6,7)/t18-,20-;;/m1../s1. The summed E-state index contributed by atoms with van der Waals surface area (Å²) in [5.41, 5.74) is 0.793. The fraction of sp³-hybridized carbons (Fsp3) is 0.625. The van der Waals surface area contributed by atoms with Crippen LogP contribution in [0, 0.1) is 17.1 Å². The van der Waals surface area contributed by atoms with E-state index in [1.807, 2.05) is 6.07 Å². The number of nitriles is 1. The number of alkyl halides is 6. The van der Waals surface area contributed by atoms with Crippen LogP contribution in [0.4, 0.5) is 30.7 Å². The van der Waals surface area contributed by atoms with Crippen molar-refractivity contribution >= 4 is 11.9 Å². The molecule has 1 aromatic rings. The van der Waals surface area contributed by atoms with Gasteiger partial charge in [0.1, 0.15) is 17.5 Å². The van der Waals surface area contributed by atoms with Gasteiger partial charge >= 0.3 is 24.3 Å². The number of carboxylic acid groups (broad SMARTS) is 2. The lowest BCUT2D eigenvalue weighted by atomic mass is 9.99. The first-order chi connectivity index (χ1) is 18.4. The molecule has 2 fully saturated rings. The van der Waals surface area contributed by atoms with E-state index in [4.69, 9.17) is 34.5 Å². The van der Waals surface area contributed by atoms with Crippen LogP contribution in [0.3, 0.4) is 0 Å². The van der Waals surface area contributed by atoms with Gasteiger partial charge in [0.15, 0.2) is 0 Å². The fourth-order valence-corrected chi connectivity index (χ4v) is 3.78. The molecule has 0 unspecified atom stereocenters. The van der Waals surface area contributed by atoms with Crippen LogP contribution in [0.2, 0.25) is 0 Å². The van der Waals surface area contributed by atoms with Crippen molar-refractivity contribution in [2.75, 3.05) is 32.8 Å². The molecule has 16 heteroatoms. The zero-order chi connectivity index (χ0) is 30.7. The lowest BCUT2D eigenvalue weighted by Crippen LogP contribution is -2.47. The van der Waals surface area contributed by atoms with Gasteiger partial charge in [0, 0.05) is 32.2 Å². The number of aliphatic carboxylic acids is 2. The molecule has 2 aliphatic heterocycles. The molecule has 3 N–H and O–H groups in total. The number of rotatable bonds is 5. The SMILES string of the molecule is CC(C)N1CCOC[C@@]2(CC[C@H](CNCc3ccc(F)c(C#N)c3)O2)C1.O=C(O)C(F)(F)F.O=C(O)C(F)(F)F. The Morgan fingerprint density at radius 3 is 2.25 bits per heavy atom. The Morgan fingerprint density at radius 1 is 1.18 bits per heavy atom. The van der Waals surface area contributed by atoms with Gasteiger partial charge in [0.2, 0.25) is 0 Å². The lowest BCUT2D eigenvalue weighted by molar-refractivity contribution is -0.193. The number of hydrogen-bond donors (Lipinski definition) is 3. The van der Waals surface area contributed by atoms with Crippen LogP contribution < -0.4 is 5.32 Å². The summed E-state index contributed by atoms with van der Waals surface area (Å²) in [7, 11) is 0. The zero-order valence-corrected chi connectivity index (χ0v) is 21.6. The number of ether oxygens (including phenoxy) is 2. The Kier molecular flexibility index (Phi) is 13.2. The molecule has 2 heterocycles. The summed E-state index contributed by atoms with van der Waals surface area (Å²) in [6.45, 7) is 9.06. The van der Waals surface area contributed by atoms with Crippen molar-refractivity contribution in [3.63, 3.8) is 0 Å². The number of carboxylic acids is 2. The van der Waals surface area contributed by atoms with E-state index < -0.39 is 30.1 Å². The largest absolute Gasteiger partial charge is 0.490 e. The molecule has 0 radical (unpaired) electrons. The van der Waals surface area contributed by atoms with Gasteiger partial charge < -0.3 is 25.0 Å².